The lowest BCUT2D eigenvalue weighted by Gasteiger charge is -2.19. The molecule has 0 saturated carbocycles. The van der Waals surface area contributed by atoms with Crippen molar-refractivity contribution in [3.8, 4) is 0 Å². The molecule has 1 rings (SSSR count). The Kier molecular flexibility index (Phi) is 9.54. The summed E-state index contributed by atoms with van der Waals surface area (Å²) in [4.78, 5) is 24.2. The summed E-state index contributed by atoms with van der Waals surface area (Å²) < 4.78 is 0. The van der Waals surface area contributed by atoms with Crippen LogP contribution in [0.15, 0.2) is 24.3 Å². The Morgan fingerprint density at radius 1 is 0.926 bits per heavy atom. The predicted octanol–water partition coefficient (Wildman–Crippen LogP) is 5.60. The molecule has 2 atom stereocenters. The van der Waals surface area contributed by atoms with Crippen LogP contribution in [-0.2, 0) is 5.41 Å². The fourth-order valence-electron chi connectivity index (χ4n) is 3.10. The van der Waals surface area contributed by atoms with Gasteiger partial charge < -0.3 is 10.6 Å². The van der Waals surface area contributed by atoms with Crippen LogP contribution in [0.25, 0.3) is 0 Å². The van der Waals surface area contributed by atoms with E-state index >= 15 is 0 Å². The Morgan fingerprint density at radius 3 is 2.00 bits per heavy atom. The van der Waals surface area contributed by atoms with Gasteiger partial charge in [0.1, 0.15) is 0 Å². The average Bonchev–Trinajstić information content (AvgIpc) is 2.57. The molecule has 4 nitrogen and oxygen atoms in total. The molecule has 0 aliphatic heterocycles. The summed E-state index contributed by atoms with van der Waals surface area (Å²) in [6.45, 7) is 12.7. The normalized spacial score (nSPS) is 13.7. The second-order valence-electron chi connectivity index (χ2n) is 8.70. The van der Waals surface area contributed by atoms with E-state index in [1.807, 2.05) is 26.0 Å². The number of amides is 2. The number of benzene rings is 1. The number of nitrogens with one attached hydrogen (secondary N) is 2. The second kappa shape index (κ2) is 11.1. The van der Waals surface area contributed by atoms with E-state index in [2.05, 4.69) is 50.5 Å². The quantitative estimate of drug-likeness (QED) is 0.413. The summed E-state index contributed by atoms with van der Waals surface area (Å²) in [7, 11) is 0. The van der Waals surface area contributed by atoms with Gasteiger partial charge in [0, 0.05) is 24.1 Å². The van der Waals surface area contributed by atoms with Crippen LogP contribution >= 0.6 is 0 Å². The van der Waals surface area contributed by atoms with Crippen LogP contribution in [0.4, 0.5) is 4.79 Å². The Bertz CT molecular complexity index is 587. The maximum atomic E-state index is 12.3. The van der Waals surface area contributed by atoms with Crippen molar-refractivity contribution < 1.29 is 9.59 Å². The summed E-state index contributed by atoms with van der Waals surface area (Å²) in [5.41, 5.74) is 2.13. The number of hydrogen-bond acceptors (Lipinski definition) is 2. The van der Waals surface area contributed by atoms with Crippen LogP contribution in [0.2, 0.25) is 0 Å². The van der Waals surface area contributed by atoms with Crippen LogP contribution in [0, 0.1) is 0 Å². The van der Waals surface area contributed by atoms with Crippen LogP contribution in [-0.4, -0.2) is 23.9 Å². The van der Waals surface area contributed by atoms with Gasteiger partial charge in [0.2, 0.25) is 0 Å². The van der Waals surface area contributed by atoms with Gasteiger partial charge in [-0.1, -0.05) is 64.8 Å². The first-order valence-corrected chi connectivity index (χ1v) is 10.3. The number of hydrogen-bond donors (Lipinski definition) is 2. The van der Waals surface area contributed by atoms with Crippen LogP contribution in [0.3, 0.4) is 0 Å². The number of rotatable bonds is 10. The summed E-state index contributed by atoms with van der Waals surface area (Å²) in [6.07, 6.45) is 5.26. The molecule has 0 fully saturated rings. The SMILES string of the molecule is CCCC(C)NC(=O)NC(C)CCCCC(=O)c1ccc(C(C)(C)C)cc1. The first kappa shape index (κ1) is 23.2. The van der Waals surface area contributed by atoms with Gasteiger partial charge in [-0.05, 0) is 44.1 Å². The summed E-state index contributed by atoms with van der Waals surface area (Å²) in [5, 5.41) is 5.93. The Labute approximate surface area is 165 Å². The Balaban J connectivity index is 2.28. The molecule has 152 valence electrons. The van der Waals surface area contributed by atoms with E-state index < -0.39 is 0 Å². The minimum atomic E-state index is -0.0986. The smallest absolute Gasteiger partial charge is 0.315 e. The fraction of sp³-hybridized carbons (Fsp3) is 0.652. The number of carbonyl (C=O) groups is 2. The van der Waals surface area contributed by atoms with Crippen molar-refractivity contribution in [3.63, 3.8) is 0 Å². The largest absolute Gasteiger partial charge is 0.336 e. The molecule has 2 amide bonds. The molecule has 2 unspecified atom stereocenters. The van der Waals surface area contributed by atoms with Crippen molar-refractivity contribution in [1.29, 1.82) is 0 Å². The van der Waals surface area contributed by atoms with E-state index in [-0.39, 0.29) is 29.3 Å². The van der Waals surface area contributed by atoms with E-state index in [1.165, 1.54) is 5.56 Å². The zero-order valence-corrected chi connectivity index (χ0v) is 18.0. The van der Waals surface area contributed by atoms with Crippen molar-refractivity contribution in [2.24, 2.45) is 0 Å². The first-order chi connectivity index (χ1) is 12.6. The van der Waals surface area contributed by atoms with E-state index in [4.69, 9.17) is 0 Å². The van der Waals surface area contributed by atoms with Gasteiger partial charge in [0.25, 0.3) is 0 Å². The average molecular weight is 375 g/mol. The highest BCUT2D eigenvalue weighted by atomic mass is 16.2. The van der Waals surface area contributed by atoms with Crippen LogP contribution in [0.5, 0.6) is 0 Å². The van der Waals surface area contributed by atoms with E-state index in [0.29, 0.717) is 6.42 Å². The monoisotopic (exact) mass is 374 g/mol. The highest BCUT2D eigenvalue weighted by molar-refractivity contribution is 5.96. The topological polar surface area (TPSA) is 58.2 Å². The Hall–Kier alpha value is -1.84. The van der Waals surface area contributed by atoms with Crippen molar-refractivity contribution in [2.45, 2.75) is 97.6 Å². The number of unbranched alkanes of at least 4 members (excludes halogenated alkanes) is 1. The molecule has 0 spiro atoms. The lowest BCUT2D eigenvalue weighted by Crippen LogP contribution is -2.44. The van der Waals surface area contributed by atoms with E-state index in [0.717, 1.165) is 37.7 Å². The van der Waals surface area contributed by atoms with Crippen molar-refractivity contribution in [1.82, 2.24) is 10.6 Å². The molecule has 1 aromatic carbocycles. The number of urea groups is 1. The van der Waals surface area contributed by atoms with E-state index in [9.17, 15) is 9.59 Å². The lowest BCUT2D eigenvalue weighted by atomic mass is 9.86. The summed E-state index contributed by atoms with van der Waals surface area (Å²) in [6, 6.07) is 8.20. The molecule has 0 aromatic heterocycles. The van der Waals surface area contributed by atoms with Gasteiger partial charge in [0.05, 0.1) is 0 Å². The van der Waals surface area contributed by atoms with Crippen molar-refractivity contribution >= 4 is 11.8 Å². The maximum absolute atomic E-state index is 12.3. The molecule has 0 aliphatic carbocycles. The lowest BCUT2D eigenvalue weighted by molar-refractivity contribution is 0.0978. The van der Waals surface area contributed by atoms with E-state index in [1.54, 1.807) is 0 Å². The molecular weight excluding hydrogens is 336 g/mol. The third kappa shape index (κ3) is 9.07. The minimum absolute atomic E-state index is 0.0986. The maximum Gasteiger partial charge on any atom is 0.315 e. The number of carbonyl (C=O) groups excluding carboxylic acids is 2. The number of ketones is 1. The first-order valence-electron chi connectivity index (χ1n) is 10.3. The van der Waals surface area contributed by atoms with Crippen LogP contribution < -0.4 is 10.6 Å². The van der Waals surface area contributed by atoms with Crippen molar-refractivity contribution in [2.75, 3.05) is 0 Å². The molecule has 0 saturated heterocycles. The minimum Gasteiger partial charge on any atom is -0.336 e. The van der Waals surface area contributed by atoms with Crippen LogP contribution in [0.1, 0.15) is 96.0 Å². The molecule has 27 heavy (non-hydrogen) atoms. The Morgan fingerprint density at radius 2 is 1.48 bits per heavy atom. The molecule has 0 heterocycles. The van der Waals surface area contributed by atoms with Gasteiger partial charge in [-0.3, -0.25) is 4.79 Å². The molecule has 0 radical (unpaired) electrons. The van der Waals surface area contributed by atoms with Crippen molar-refractivity contribution in [3.05, 3.63) is 35.4 Å². The zero-order valence-electron chi connectivity index (χ0n) is 18.0. The third-order valence-electron chi connectivity index (χ3n) is 4.84. The van der Waals surface area contributed by atoms with Gasteiger partial charge in [0.15, 0.2) is 5.78 Å². The molecule has 2 N–H and O–H groups in total. The van der Waals surface area contributed by atoms with Gasteiger partial charge in [-0.2, -0.15) is 0 Å². The molecule has 1 aromatic rings. The zero-order chi connectivity index (χ0) is 20.4. The molecular formula is C23H38N2O2. The standard InChI is InChI=1S/C23H38N2O2/c1-7-10-17(2)24-22(27)25-18(3)11-8-9-12-21(26)19-13-15-20(16-14-19)23(4,5)6/h13-18H,7-12H2,1-6H3,(H2,24,25,27). The fourth-order valence-corrected chi connectivity index (χ4v) is 3.10. The third-order valence-corrected chi connectivity index (χ3v) is 4.84. The van der Waals surface area contributed by atoms with Gasteiger partial charge >= 0.3 is 6.03 Å². The second-order valence-corrected chi connectivity index (χ2v) is 8.70. The predicted molar refractivity (Wildman–Crippen MR) is 113 cm³/mol. The molecule has 0 aliphatic rings. The highest BCUT2D eigenvalue weighted by Crippen LogP contribution is 2.22. The highest BCUT2D eigenvalue weighted by Gasteiger charge is 2.14. The van der Waals surface area contributed by atoms with Gasteiger partial charge in [-0.15, -0.1) is 0 Å². The number of Topliss-reactive ketones (excluding diaryl/α,β-unsaturated/α-hetero) is 1. The molecule has 4 heteroatoms. The summed E-state index contributed by atoms with van der Waals surface area (Å²) >= 11 is 0. The molecule has 0 bridgehead atoms. The summed E-state index contributed by atoms with van der Waals surface area (Å²) in [5.74, 6) is 0.196. The van der Waals surface area contributed by atoms with Gasteiger partial charge in [-0.25, -0.2) is 4.79 Å².